The molecule has 1 atom stereocenters. The van der Waals surface area contributed by atoms with Crippen molar-refractivity contribution >= 4 is 15.9 Å². The van der Waals surface area contributed by atoms with E-state index in [-0.39, 0.29) is 0 Å². The number of benzene rings is 2. The van der Waals surface area contributed by atoms with E-state index in [0.29, 0.717) is 4.83 Å². The molecule has 0 saturated carbocycles. The summed E-state index contributed by atoms with van der Waals surface area (Å²) in [4.78, 5) is 0.320. The zero-order valence-corrected chi connectivity index (χ0v) is 12.8. The third-order valence-corrected chi connectivity index (χ3v) is 3.80. The number of hydrogen-bond acceptors (Lipinski definition) is 1. The van der Waals surface area contributed by atoms with Crippen LogP contribution >= 0.6 is 15.9 Å². The van der Waals surface area contributed by atoms with Crippen molar-refractivity contribution in [3.63, 3.8) is 0 Å². The molecule has 100 valence electrons. The van der Waals surface area contributed by atoms with Gasteiger partial charge in [-0.25, -0.2) is 0 Å². The van der Waals surface area contributed by atoms with E-state index in [1.807, 2.05) is 12.1 Å². The lowest BCUT2D eigenvalue weighted by atomic mass is 10.0. The zero-order chi connectivity index (χ0) is 13.5. The van der Waals surface area contributed by atoms with Gasteiger partial charge in [-0.15, -0.1) is 0 Å². The molecular weight excluding hydrogens is 300 g/mol. The minimum atomic E-state index is 0.320. The highest BCUT2D eigenvalue weighted by atomic mass is 79.9. The second kappa shape index (κ2) is 7.34. The van der Waals surface area contributed by atoms with Gasteiger partial charge in [0, 0.05) is 4.83 Å². The minimum Gasteiger partial charge on any atom is -0.494 e. The van der Waals surface area contributed by atoms with Gasteiger partial charge in [0.05, 0.1) is 6.61 Å². The first-order valence-electron chi connectivity index (χ1n) is 6.70. The van der Waals surface area contributed by atoms with Crippen molar-refractivity contribution in [1.29, 1.82) is 0 Å². The SMILES string of the molecule is CCCOc1cccc(C(Br)Cc2ccccc2)c1. The van der Waals surface area contributed by atoms with Crippen LogP contribution in [0.4, 0.5) is 0 Å². The van der Waals surface area contributed by atoms with Crippen molar-refractivity contribution in [1.82, 2.24) is 0 Å². The van der Waals surface area contributed by atoms with Crippen LogP contribution < -0.4 is 4.74 Å². The van der Waals surface area contributed by atoms with Crippen molar-refractivity contribution < 1.29 is 4.74 Å². The smallest absolute Gasteiger partial charge is 0.119 e. The van der Waals surface area contributed by atoms with E-state index in [9.17, 15) is 0 Å². The second-order valence-electron chi connectivity index (χ2n) is 4.58. The summed E-state index contributed by atoms with van der Waals surface area (Å²) in [7, 11) is 0. The Bertz CT molecular complexity index is 496. The van der Waals surface area contributed by atoms with Gasteiger partial charge >= 0.3 is 0 Å². The minimum absolute atomic E-state index is 0.320. The van der Waals surface area contributed by atoms with Crippen molar-refractivity contribution in [3.8, 4) is 5.75 Å². The Morgan fingerprint density at radius 3 is 2.58 bits per heavy atom. The Hall–Kier alpha value is -1.28. The number of halogens is 1. The number of rotatable bonds is 6. The first-order valence-corrected chi connectivity index (χ1v) is 7.62. The van der Waals surface area contributed by atoms with E-state index >= 15 is 0 Å². The van der Waals surface area contributed by atoms with Crippen molar-refractivity contribution in [3.05, 3.63) is 65.7 Å². The van der Waals surface area contributed by atoms with Gasteiger partial charge in [-0.3, -0.25) is 0 Å². The normalized spacial score (nSPS) is 12.1. The number of alkyl halides is 1. The zero-order valence-electron chi connectivity index (χ0n) is 11.2. The molecule has 0 aliphatic rings. The van der Waals surface area contributed by atoms with Gasteiger partial charge in [0.25, 0.3) is 0 Å². The van der Waals surface area contributed by atoms with Crippen LogP contribution in [-0.4, -0.2) is 6.61 Å². The largest absolute Gasteiger partial charge is 0.494 e. The fraction of sp³-hybridized carbons (Fsp3) is 0.294. The van der Waals surface area contributed by atoms with Gasteiger partial charge in [-0.05, 0) is 36.1 Å². The van der Waals surface area contributed by atoms with E-state index in [2.05, 4.69) is 65.3 Å². The summed E-state index contributed by atoms with van der Waals surface area (Å²) in [5, 5.41) is 0. The van der Waals surface area contributed by atoms with Gasteiger partial charge in [0.2, 0.25) is 0 Å². The maximum absolute atomic E-state index is 5.68. The molecule has 19 heavy (non-hydrogen) atoms. The summed E-state index contributed by atoms with van der Waals surface area (Å²) < 4.78 is 5.68. The van der Waals surface area contributed by atoms with E-state index in [1.165, 1.54) is 11.1 Å². The highest BCUT2D eigenvalue weighted by molar-refractivity contribution is 9.09. The van der Waals surface area contributed by atoms with E-state index in [4.69, 9.17) is 4.74 Å². The van der Waals surface area contributed by atoms with Crippen LogP contribution in [0.2, 0.25) is 0 Å². The quantitative estimate of drug-likeness (QED) is 0.669. The van der Waals surface area contributed by atoms with Gasteiger partial charge in [-0.2, -0.15) is 0 Å². The summed E-state index contributed by atoms with van der Waals surface area (Å²) in [6.07, 6.45) is 2.02. The Morgan fingerprint density at radius 2 is 1.84 bits per heavy atom. The molecule has 0 radical (unpaired) electrons. The highest BCUT2D eigenvalue weighted by Crippen LogP contribution is 2.29. The van der Waals surface area contributed by atoms with E-state index in [1.54, 1.807) is 0 Å². The molecular formula is C17H19BrO. The summed E-state index contributed by atoms with van der Waals surface area (Å²) in [6.45, 7) is 2.89. The van der Waals surface area contributed by atoms with Gasteiger partial charge < -0.3 is 4.74 Å². The van der Waals surface area contributed by atoms with Crippen LogP contribution in [0.1, 0.15) is 29.3 Å². The second-order valence-corrected chi connectivity index (χ2v) is 5.68. The molecule has 0 saturated heterocycles. The maximum Gasteiger partial charge on any atom is 0.119 e. The maximum atomic E-state index is 5.68. The topological polar surface area (TPSA) is 9.23 Å². The monoisotopic (exact) mass is 318 g/mol. The fourth-order valence-electron chi connectivity index (χ4n) is 1.96. The van der Waals surface area contributed by atoms with Crippen LogP contribution in [0.15, 0.2) is 54.6 Å². The third kappa shape index (κ3) is 4.39. The molecule has 0 bridgehead atoms. The molecule has 1 nitrogen and oxygen atoms in total. The average molecular weight is 319 g/mol. The lowest BCUT2D eigenvalue weighted by Gasteiger charge is -2.12. The van der Waals surface area contributed by atoms with E-state index < -0.39 is 0 Å². The average Bonchev–Trinajstić information content (AvgIpc) is 2.46. The summed E-state index contributed by atoms with van der Waals surface area (Å²) >= 11 is 3.77. The lowest BCUT2D eigenvalue weighted by Crippen LogP contribution is -1.98. The van der Waals surface area contributed by atoms with E-state index in [0.717, 1.165) is 25.2 Å². The predicted molar refractivity (Wildman–Crippen MR) is 84.0 cm³/mol. The third-order valence-electron chi connectivity index (χ3n) is 2.95. The molecule has 2 rings (SSSR count). The molecule has 0 amide bonds. The number of ether oxygens (including phenoxy) is 1. The predicted octanol–water partition coefficient (Wildman–Crippen LogP) is 5.15. The molecule has 0 aliphatic carbocycles. The first-order chi connectivity index (χ1) is 9.29. The van der Waals surface area contributed by atoms with Crippen LogP contribution in [0.25, 0.3) is 0 Å². The molecule has 1 unspecified atom stereocenters. The van der Waals surface area contributed by atoms with Crippen LogP contribution in [0, 0.1) is 0 Å². The highest BCUT2D eigenvalue weighted by Gasteiger charge is 2.09. The molecule has 0 spiro atoms. The number of hydrogen-bond donors (Lipinski definition) is 0. The molecule has 0 aliphatic heterocycles. The Labute approximate surface area is 123 Å². The van der Waals surface area contributed by atoms with Gasteiger partial charge in [0.1, 0.15) is 5.75 Å². The molecule has 0 fully saturated rings. The molecule has 2 aromatic carbocycles. The summed E-state index contributed by atoms with van der Waals surface area (Å²) in [5.74, 6) is 0.955. The van der Waals surface area contributed by atoms with Crippen LogP contribution in [0.5, 0.6) is 5.75 Å². The van der Waals surface area contributed by atoms with Gasteiger partial charge in [-0.1, -0.05) is 65.3 Å². The summed E-state index contributed by atoms with van der Waals surface area (Å²) in [5.41, 5.74) is 2.60. The Balaban J connectivity index is 2.04. The molecule has 0 heterocycles. The standard InChI is InChI=1S/C17H19BrO/c1-2-11-19-16-10-6-9-15(13-16)17(18)12-14-7-4-3-5-8-14/h3-10,13,17H,2,11-12H2,1H3. The molecule has 2 aromatic rings. The Kier molecular flexibility index (Phi) is 5.46. The van der Waals surface area contributed by atoms with Crippen LogP contribution in [0.3, 0.4) is 0 Å². The Morgan fingerprint density at radius 1 is 1.05 bits per heavy atom. The van der Waals surface area contributed by atoms with Gasteiger partial charge in [0.15, 0.2) is 0 Å². The van der Waals surface area contributed by atoms with Crippen molar-refractivity contribution in [2.75, 3.05) is 6.61 Å². The molecule has 0 N–H and O–H groups in total. The fourth-order valence-corrected chi connectivity index (χ4v) is 2.62. The molecule has 2 heteroatoms. The van der Waals surface area contributed by atoms with Crippen molar-refractivity contribution in [2.24, 2.45) is 0 Å². The molecule has 0 aromatic heterocycles. The van der Waals surface area contributed by atoms with Crippen LogP contribution in [-0.2, 0) is 6.42 Å². The summed E-state index contributed by atoms with van der Waals surface area (Å²) in [6, 6.07) is 18.9. The van der Waals surface area contributed by atoms with Crippen molar-refractivity contribution in [2.45, 2.75) is 24.6 Å². The first kappa shape index (κ1) is 14.1. The lowest BCUT2D eigenvalue weighted by molar-refractivity contribution is 0.317.